The molecular formula is C13H10FN3O. The molecule has 5 heteroatoms. The van der Waals surface area contributed by atoms with E-state index in [0.29, 0.717) is 16.6 Å². The Morgan fingerprint density at radius 2 is 2.11 bits per heavy atom. The van der Waals surface area contributed by atoms with E-state index in [4.69, 9.17) is 0 Å². The molecule has 0 saturated carbocycles. The van der Waals surface area contributed by atoms with Gasteiger partial charge in [-0.15, -0.1) is 0 Å². The lowest BCUT2D eigenvalue weighted by atomic mass is 10.1. The Labute approximate surface area is 102 Å². The summed E-state index contributed by atoms with van der Waals surface area (Å²) in [6.45, 7) is 0. The Hall–Kier alpha value is -2.43. The highest BCUT2D eigenvalue weighted by Gasteiger charge is 2.07. The number of nitrogens with one attached hydrogen (secondary N) is 1. The van der Waals surface area contributed by atoms with E-state index in [2.05, 4.69) is 10.1 Å². The van der Waals surface area contributed by atoms with Gasteiger partial charge in [-0.25, -0.2) is 4.39 Å². The fourth-order valence-corrected chi connectivity index (χ4v) is 2.00. The highest BCUT2D eigenvalue weighted by molar-refractivity contribution is 5.80. The van der Waals surface area contributed by atoms with Crippen molar-refractivity contribution in [3.63, 3.8) is 0 Å². The minimum atomic E-state index is -0.415. The highest BCUT2D eigenvalue weighted by atomic mass is 19.1. The molecule has 0 saturated heterocycles. The molecule has 1 aromatic carbocycles. The van der Waals surface area contributed by atoms with Gasteiger partial charge in [-0.05, 0) is 24.3 Å². The van der Waals surface area contributed by atoms with Crippen LogP contribution in [0.4, 0.5) is 4.39 Å². The highest BCUT2D eigenvalue weighted by Crippen LogP contribution is 2.17. The second-order valence-corrected chi connectivity index (χ2v) is 4.08. The molecule has 0 bridgehead atoms. The summed E-state index contributed by atoms with van der Waals surface area (Å²) in [5.74, 6) is -0.415. The maximum atomic E-state index is 13.1. The molecule has 0 aliphatic rings. The van der Waals surface area contributed by atoms with Crippen LogP contribution in [0.5, 0.6) is 0 Å². The minimum Gasteiger partial charge on any atom is -0.353 e. The molecule has 0 aliphatic carbocycles. The number of pyridine rings is 1. The topological polar surface area (TPSA) is 50.7 Å². The number of rotatable bonds is 1. The van der Waals surface area contributed by atoms with Crippen LogP contribution in [0.3, 0.4) is 0 Å². The van der Waals surface area contributed by atoms with Gasteiger partial charge in [-0.3, -0.25) is 9.48 Å². The van der Waals surface area contributed by atoms with Gasteiger partial charge in [0.05, 0.1) is 11.4 Å². The number of nitrogens with zero attached hydrogens (tertiary/aromatic N) is 2. The summed E-state index contributed by atoms with van der Waals surface area (Å²) in [6.07, 6.45) is 1.66. The van der Waals surface area contributed by atoms with E-state index in [9.17, 15) is 9.18 Å². The Kier molecular flexibility index (Phi) is 2.26. The van der Waals surface area contributed by atoms with E-state index in [1.165, 1.54) is 18.2 Å². The van der Waals surface area contributed by atoms with Gasteiger partial charge in [0.2, 0.25) is 0 Å². The van der Waals surface area contributed by atoms with Crippen LogP contribution in [0.15, 0.2) is 41.3 Å². The first-order valence-electron chi connectivity index (χ1n) is 5.46. The first kappa shape index (κ1) is 10.7. The van der Waals surface area contributed by atoms with Crippen LogP contribution in [-0.2, 0) is 7.05 Å². The van der Waals surface area contributed by atoms with Crippen LogP contribution in [0, 0.1) is 5.82 Å². The SMILES string of the molecule is Cn1nccc1-c1cc(=O)c2cc(F)ccc2[nH]1. The largest absolute Gasteiger partial charge is 0.353 e. The average molecular weight is 243 g/mol. The molecule has 90 valence electrons. The van der Waals surface area contributed by atoms with E-state index in [1.54, 1.807) is 30.1 Å². The molecule has 0 amide bonds. The molecular weight excluding hydrogens is 233 g/mol. The second-order valence-electron chi connectivity index (χ2n) is 4.08. The van der Waals surface area contributed by atoms with Gasteiger partial charge in [-0.2, -0.15) is 5.10 Å². The Morgan fingerprint density at radius 1 is 1.28 bits per heavy atom. The van der Waals surface area contributed by atoms with Gasteiger partial charge in [0.15, 0.2) is 5.43 Å². The lowest BCUT2D eigenvalue weighted by molar-refractivity contribution is 0.629. The number of fused-ring (bicyclic) bond motifs is 1. The van der Waals surface area contributed by atoms with Gasteiger partial charge >= 0.3 is 0 Å². The molecule has 0 spiro atoms. The first-order valence-corrected chi connectivity index (χ1v) is 5.46. The Bertz CT molecular complexity index is 788. The number of aromatic amines is 1. The number of halogens is 1. The predicted molar refractivity (Wildman–Crippen MR) is 66.7 cm³/mol. The van der Waals surface area contributed by atoms with Crippen molar-refractivity contribution < 1.29 is 4.39 Å². The molecule has 2 aromatic heterocycles. The summed E-state index contributed by atoms with van der Waals surface area (Å²) in [4.78, 5) is 15.1. The van der Waals surface area contributed by atoms with Crippen molar-refractivity contribution in [1.82, 2.24) is 14.8 Å². The maximum absolute atomic E-state index is 13.1. The van der Waals surface area contributed by atoms with Crippen LogP contribution in [-0.4, -0.2) is 14.8 Å². The molecule has 1 N–H and O–H groups in total. The van der Waals surface area contributed by atoms with Crippen molar-refractivity contribution in [2.24, 2.45) is 7.05 Å². The standard InChI is InChI=1S/C13H10FN3O/c1-17-12(4-5-15-17)11-7-13(18)9-6-8(14)2-3-10(9)16-11/h2-7H,1H3,(H,16,18). The van der Waals surface area contributed by atoms with Crippen LogP contribution < -0.4 is 5.43 Å². The zero-order chi connectivity index (χ0) is 12.7. The maximum Gasteiger partial charge on any atom is 0.190 e. The summed E-state index contributed by atoms with van der Waals surface area (Å²) in [7, 11) is 1.79. The molecule has 0 atom stereocenters. The van der Waals surface area contributed by atoms with E-state index < -0.39 is 5.82 Å². The normalized spacial score (nSPS) is 11.0. The van der Waals surface area contributed by atoms with Crippen molar-refractivity contribution in [2.45, 2.75) is 0 Å². The third-order valence-corrected chi connectivity index (χ3v) is 2.89. The molecule has 2 heterocycles. The smallest absolute Gasteiger partial charge is 0.190 e. The quantitative estimate of drug-likeness (QED) is 0.711. The van der Waals surface area contributed by atoms with E-state index in [1.807, 2.05) is 0 Å². The molecule has 0 radical (unpaired) electrons. The molecule has 4 nitrogen and oxygen atoms in total. The molecule has 18 heavy (non-hydrogen) atoms. The molecule has 0 fully saturated rings. The third kappa shape index (κ3) is 1.60. The molecule has 0 aliphatic heterocycles. The van der Waals surface area contributed by atoms with Gasteiger partial charge < -0.3 is 4.98 Å². The zero-order valence-electron chi connectivity index (χ0n) is 9.64. The van der Waals surface area contributed by atoms with Crippen LogP contribution >= 0.6 is 0 Å². The number of benzene rings is 1. The lowest BCUT2D eigenvalue weighted by Gasteiger charge is -2.04. The van der Waals surface area contributed by atoms with Crippen molar-refractivity contribution in [3.8, 4) is 11.4 Å². The van der Waals surface area contributed by atoms with Crippen LogP contribution in [0.25, 0.3) is 22.3 Å². The van der Waals surface area contributed by atoms with Crippen molar-refractivity contribution in [3.05, 3.63) is 52.6 Å². The monoisotopic (exact) mass is 243 g/mol. The summed E-state index contributed by atoms with van der Waals surface area (Å²) in [5, 5.41) is 4.40. The zero-order valence-corrected chi connectivity index (χ0v) is 9.64. The van der Waals surface area contributed by atoms with E-state index in [-0.39, 0.29) is 5.43 Å². The van der Waals surface area contributed by atoms with Crippen LogP contribution in [0.1, 0.15) is 0 Å². The fourth-order valence-electron chi connectivity index (χ4n) is 2.00. The van der Waals surface area contributed by atoms with Gasteiger partial charge in [0, 0.05) is 30.2 Å². The molecule has 0 unspecified atom stereocenters. The van der Waals surface area contributed by atoms with Gasteiger partial charge in [0.1, 0.15) is 5.82 Å². The summed E-state index contributed by atoms with van der Waals surface area (Å²) < 4.78 is 14.8. The second kappa shape index (κ2) is 3.80. The van der Waals surface area contributed by atoms with Crippen molar-refractivity contribution in [1.29, 1.82) is 0 Å². The number of aromatic nitrogens is 3. The summed E-state index contributed by atoms with van der Waals surface area (Å²) in [6, 6.07) is 7.39. The number of aryl methyl sites for hydroxylation is 1. The number of hydrogen-bond acceptors (Lipinski definition) is 2. The minimum absolute atomic E-state index is 0.209. The fraction of sp³-hybridized carbons (Fsp3) is 0.0769. The predicted octanol–water partition coefficient (Wildman–Crippen LogP) is 2.07. The third-order valence-electron chi connectivity index (χ3n) is 2.89. The number of hydrogen-bond donors (Lipinski definition) is 1. The van der Waals surface area contributed by atoms with E-state index >= 15 is 0 Å². The summed E-state index contributed by atoms with van der Waals surface area (Å²) in [5.41, 5.74) is 1.87. The number of H-pyrrole nitrogens is 1. The Morgan fingerprint density at radius 3 is 2.83 bits per heavy atom. The molecule has 3 aromatic rings. The summed E-state index contributed by atoms with van der Waals surface area (Å²) >= 11 is 0. The van der Waals surface area contributed by atoms with Crippen LogP contribution in [0.2, 0.25) is 0 Å². The average Bonchev–Trinajstić information content (AvgIpc) is 2.76. The van der Waals surface area contributed by atoms with Gasteiger partial charge in [0.25, 0.3) is 0 Å². The van der Waals surface area contributed by atoms with Gasteiger partial charge in [-0.1, -0.05) is 0 Å². The van der Waals surface area contributed by atoms with Crippen molar-refractivity contribution in [2.75, 3.05) is 0 Å². The van der Waals surface area contributed by atoms with Crippen molar-refractivity contribution >= 4 is 10.9 Å². The first-order chi connectivity index (χ1) is 8.65. The van der Waals surface area contributed by atoms with E-state index in [0.717, 1.165) is 5.69 Å². The molecule has 3 rings (SSSR count). The Balaban J connectivity index is 2.32. The lowest BCUT2D eigenvalue weighted by Crippen LogP contribution is -2.05.